The molecule has 0 spiro atoms. The van der Waals surface area contributed by atoms with E-state index in [1.54, 1.807) is 0 Å². The number of hydrogen-bond donors (Lipinski definition) is 2. The van der Waals surface area contributed by atoms with Crippen LogP contribution >= 0.6 is 23.2 Å². The van der Waals surface area contributed by atoms with Gasteiger partial charge in [-0.2, -0.15) is 5.26 Å². The van der Waals surface area contributed by atoms with Gasteiger partial charge in [-0.3, -0.25) is 4.79 Å². The number of ether oxygens (including phenoxy) is 1. The van der Waals surface area contributed by atoms with Crippen LogP contribution in [0.1, 0.15) is 16.8 Å². The number of halogens is 2. The van der Waals surface area contributed by atoms with Gasteiger partial charge in [-0.05, 0) is 12.1 Å². The monoisotopic (exact) mass is 315 g/mol. The summed E-state index contributed by atoms with van der Waals surface area (Å²) in [5.41, 5.74) is 5.78. The number of esters is 1. The van der Waals surface area contributed by atoms with Gasteiger partial charge >= 0.3 is 5.97 Å². The van der Waals surface area contributed by atoms with E-state index in [-0.39, 0.29) is 34.3 Å². The van der Waals surface area contributed by atoms with E-state index in [0.717, 1.165) is 0 Å². The van der Waals surface area contributed by atoms with Gasteiger partial charge in [-0.1, -0.05) is 23.2 Å². The third-order valence-electron chi connectivity index (χ3n) is 2.16. The molecule has 1 amide bonds. The molecule has 0 aliphatic carbocycles. The van der Waals surface area contributed by atoms with Gasteiger partial charge in [0.15, 0.2) is 6.61 Å². The van der Waals surface area contributed by atoms with E-state index in [2.05, 4.69) is 5.32 Å². The second kappa shape index (κ2) is 7.58. The summed E-state index contributed by atoms with van der Waals surface area (Å²) in [4.78, 5) is 23.0. The van der Waals surface area contributed by atoms with Crippen molar-refractivity contribution in [3.8, 4) is 6.07 Å². The molecule has 106 valence electrons. The summed E-state index contributed by atoms with van der Waals surface area (Å²) in [6.07, 6.45) is 0.177. The van der Waals surface area contributed by atoms with Gasteiger partial charge in [0.25, 0.3) is 5.91 Å². The molecule has 1 aromatic rings. The maximum atomic E-state index is 11.8. The van der Waals surface area contributed by atoms with Gasteiger partial charge in [0.05, 0.1) is 28.1 Å². The Morgan fingerprint density at radius 2 is 2.10 bits per heavy atom. The fourth-order valence-electron chi connectivity index (χ4n) is 1.28. The number of rotatable bonds is 5. The van der Waals surface area contributed by atoms with E-state index < -0.39 is 18.5 Å². The number of nitrogens with one attached hydrogen (secondary N) is 1. The molecule has 0 saturated carbocycles. The van der Waals surface area contributed by atoms with E-state index in [1.807, 2.05) is 6.07 Å². The molecule has 1 aromatic carbocycles. The van der Waals surface area contributed by atoms with Crippen LogP contribution in [0.3, 0.4) is 0 Å². The first-order valence-electron chi connectivity index (χ1n) is 5.51. The predicted molar refractivity (Wildman–Crippen MR) is 74.4 cm³/mol. The number of carbonyl (C=O) groups excluding carboxylic acids is 2. The molecule has 0 unspecified atom stereocenters. The van der Waals surface area contributed by atoms with Crippen molar-refractivity contribution < 1.29 is 14.3 Å². The number of nitrogens with two attached hydrogens (primary N) is 1. The average molecular weight is 316 g/mol. The van der Waals surface area contributed by atoms with E-state index >= 15 is 0 Å². The lowest BCUT2D eigenvalue weighted by Gasteiger charge is -2.08. The van der Waals surface area contributed by atoms with Gasteiger partial charge in [0.2, 0.25) is 0 Å². The number of anilines is 1. The first-order chi connectivity index (χ1) is 9.45. The molecule has 8 heteroatoms. The SMILES string of the molecule is N#CCCNC(=O)COC(=O)c1cc(N)cc(Cl)c1Cl. The Kier molecular flexibility index (Phi) is 6.10. The summed E-state index contributed by atoms with van der Waals surface area (Å²) < 4.78 is 4.78. The Bertz CT molecular complexity index is 570. The summed E-state index contributed by atoms with van der Waals surface area (Å²) in [7, 11) is 0. The topological polar surface area (TPSA) is 105 Å². The molecule has 0 bridgehead atoms. The van der Waals surface area contributed by atoms with Crippen molar-refractivity contribution in [2.24, 2.45) is 0 Å². The van der Waals surface area contributed by atoms with Crippen molar-refractivity contribution in [3.05, 3.63) is 27.7 Å². The molecule has 0 heterocycles. The highest BCUT2D eigenvalue weighted by molar-refractivity contribution is 6.44. The third-order valence-corrected chi connectivity index (χ3v) is 2.97. The minimum absolute atomic E-state index is 0.00996. The van der Waals surface area contributed by atoms with Gasteiger partial charge in [-0.25, -0.2) is 4.79 Å². The normalized spacial score (nSPS) is 9.65. The molecule has 0 aliphatic heterocycles. The minimum atomic E-state index is -0.806. The summed E-state index contributed by atoms with van der Waals surface area (Å²) in [6.45, 7) is -0.287. The Balaban J connectivity index is 2.60. The number of carbonyl (C=O) groups is 2. The summed E-state index contributed by atoms with van der Waals surface area (Å²) >= 11 is 11.6. The standard InChI is InChI=1S/C12H11Cl2N3O3/c13-9-5-7(16)4-8(11(9)14)12(19)20-6-10(18)17-3-1-2-15/h4-5H,1,3,6,16H2,(H,17,18). The molecule has 1 rings (SSSR count). The van der Waals surface area contributed by atoms with Crippen LogP contribution in [-0.4, -0.2) is 25.0 Å². The summed E-state index contributed by atoms with van der Waals surface area (Å²) in [6, 6.07) is 4.57. The second-order valence-electron chi connectivity index (χ2n) is 3.70. The molecule has 0 atom stereocenters. The lowest BCUT2D eigenvalue weighted by Crippen LogP contribution is -2.29. The van der Waals surface area contributed by atoms with Crippen molar-refractivity contribution in [3.63, 3.8) is 0 Å². The van der Waals surface area contributed by atoms with Gasteiger partial charge in [0.1, 0.15) is 0 Å². The van der Waals surface area contributed by atoms with E-state index in [4.69, 9.17) is 38.9 Å². The number of amides is 1. The van der Waals surface area contributed by atoms with Gasteiger partial charge in [-0.15, -0.1) is 0 Å². The van der Waals surface area contributed by atoms with Crippen molar-refractivity contribution in [2.45, 2.75) is 6.42 Å². The number of nitriles is 1. The van der Waals surface area contributed by atoms with Crippen molar-refractivity contribution in [2.75, 3.05) is 18.9 Å². The maximum Gasteiger partial charge on any atom is 0.340 e. The Hall–Kier alpha value is -1.97. The van der Waals surface area contributed by atoms with Crippen LogP contribution in [-0.2, 0) is 9.53 Å². The quantitative estimate of drug-likeness (QED) is 0.489. The third kappa shape index (κ3) is 4.61. The molecule has 3 N–H and O–H groups in total. The van der Waals surface area contributed by atoms with Crippen LogP contribution in [0, 0.1) is 11.3 Å². The zero-order valence-electron chi connectivity index (χ0n) is 10.3. The molecular weight excluding hydrogens is 305 g/mol. The first kappa shape index (κ1) is 16.1. The largest absolute Gasteiger partial charge is 0.452 e. The van der Waals surface area contributed by atoms with Crippen LogP contribution in [0.4, 0.5) is 5.69 Å². The van der Waals surface area contributed by atoms with Gasteiger partial charge < -0.3 is 15.8 Å². The average Bonchev–Trinajstić information content (AvgIpc) is 2.40. The molecule has 0 saturated heterocycles. The van der Waals surface area contributed by atoms with E-state index in [9.17, 15) is 9.59 Å². The predicted octanol–water partition coefficient (Wildman–Crippen LogP) is 1.76. The lowest BCUT2D eigenvalue weighted by atomic mass is 10.2. The Morgan fingerprint density at radius 1 is 1.40 bits per heavy atom. The molecule has 0 fully saturated rings. The van der Waals surface area contributed by atoms with Crippen LogP contribution in [0.25, 0.3) is 0 Å². The molecule has 0 radical (unpaired) electrons. The van der Waals surface area contributed by atoms with Crippen molar-refractivity contribution in [1.29, 1.82) is 5.26 Å². The van der Waals surface area contributed by atoms with Crippen LogP contribution in [0.2, 0.25) is 10.0 Å². The molecule has 20 heavy (non-hydrogen) atoms. The number of hydrogen-bond acceptors (Lipinski definition) is 5. The number of benzene rings is 1. The highest BCUT2D eigenvalue weighted by Gasteiger charge is 2.16. The fraction of sp³-hybridized carbons (Fsp3) is 0.250. The van der Waals surface area contributed by atoms with Crippen molar-refractivity contribution in [1.82, 2.24) is 5.32 Å². The molecular formula is C12H11Cl2N3O3. The minimum Gasteiger partial charge on any atom is -0.452 e. The molecule has 6 nitrogen and oxygen atoms in total. The highest BCUT2D eigenvalue weighted by Crippen LogP contribution is 2.29. The smallest absolute Gasteiger partial charge is 0.340 e. The lowest BCUT2D eigenvalue weighted by molar-refractivity contribution is -0.124. The molecule has 0 aliphatic rings. The Labute approximate surface area is 125 Å². The maximum absolute atomic E-state index is 11.8. The first-order valence-corrected chi connectivity index (χ1v) is 6.26. The highest BCUT2D eigenvalue weighted by atomic mass is 35.5. The molecule has 0 aromatic heterocycles. The Morgan fingerprint density at radius 3 is 2.75 bits per heavy atom. The fourth-order valence-corrected chi connectivity index (χ4v) is 1.69. The number of nitrogen functional groups attached to an aromatic ring is 1. The zero-order chi connectivity index (χ0) is 15.1. The van der Waals surface area contributed by atoms with E-state index in [1.165, 1.54) is 12.1 Å². The number of nitrogens with zero attached hydrogens (tertiary/aromatic N) is 1. The summed E-state index contributed by atoms with van der Waals surface area (Å²) in [5.74, 6) is -1.32. The zero-order valence-corrected chi connectivity index (χ0v) is 11.8. The van der Waals surface area contributed by atoms with Crippen molar-refractivity contribution >= 4 is 40.8 Å². The van der Waals surface area contributed by atoms with Crippen LogP contribution in [0.5, 0.6) is 0 Å². The summed E-state index contributed by atoms with van der Waals surface area (Å²) in [5, 5.41) is 10.8. The van der Waals surface area contributed by atoms with Crippen LogP contribution in [0.15, 0.2) is 12.1 Å². The van der Waals surface area contributed by atoms with Crippen LogP contribution < -0.4 is 11.1 Å². The second-order valence-corrected chi connectivity index (χ2v) is 4.48. The van der Waals surface area contributed by atoms with Gasteiger partial charge in [0, 0.05) is 12.2 Å². The van der Waals surface area contributed by atoms with E-state index in [0.29, 0.717) is 0 Å².